The number of rotatable bonds is 7. The van der Waals surface area contributed by atoms with E-state index in [4.69, 9.17) is 11.6 Å². The topological polar surface area (TPSA) is 105 Å². The highest BCUT2D eigenvalue weighted by molar-refractivity contribution is 7.21. The molecule has 7 rings (SSSR count). The zero-order chi connectivity index (χ0) is 33.2. The molecule has 1 atom stereocenters. The van der Waals surface area contributed by atoms with Gasteiger partial charge < -0.3 is 30.2 Å². The van der Waals surface area contributed by atoms with Crippen LogP contribution in [-0.2, 0) is 16.1 Å². The molecule has 4 aliphatic rings. The van der Waals surface area contributed by atoms with E-state index in [2.05, 4.69) is 15.5 Å². The molecule has 0 spiro atoms. The average Bonchev–Trinajstić information content (AvgIpc) is 3.47. The van der Waals surface area contributed by atoms with Crippen LogP contribution in [0.5, 0.6) is 0 Å². The number of urea groups is 1. The summed E-state index contributed by atoms with van der Waals surface area (Å²) in [4.78, 5) is 62.7. The highest BCUT2D eigenvalue weighted by atomic mass is 35.5. The number of carbonyl (C=O) groups is 4. The maximum atomic E-state index is 14.1. The summed E-state index contributed by atoms with van der Waals surface area (Å²) in [7, 11) is 0. The first-order valence-electron chi connectivity index (χ1n) is 17.3. The molecule has 3 fully saturated rings. The van der Waals surface area contributed by atoms with E-state index in [1.165, 1.54) is 30.6 Å². The van der Waals surface area contributed by atoms with Crippen LogP contribution < -0.4 is 10.6 Å². The van der Waals surface area contributed by atoms with Crippen molar-refractivity contribution < 1.29 is 19.2 Å². The number of carbonyl (C=O) groups excluding carboxylic acids is 4. The Morgan fingerprint density at radius 2 is 1.52 bits per heavy atom. The normalized spacial score (nSPS) is 20.4. The molecule has 12 heteroatoms. The zero-order valence-electron chi connectivity index (χ0n) is 27.2. The molecule has 10 nitrogen and oxygen atoms in total. The third kappa shape index (κ3) is 6.91. The first-order chi connectivity index (χ1) is 23.4. The maximum absolute atomic E-state index is 14.1. The average molecular weight is 691 g/mol. The molecule has 1 aromatic heterocycles. The van der Waals surface area contributed by atoms with Gasteiger partial charge in [-0.25, -0.2) is 4.79 Å². The van der Waals surface area contributed by atoms with Crippen molar-refractivity contribution in [1.29, 1.82) is 0 Å². The molecule has 254 valence electrons. The second-order valence-corrected chi connectivity index (χ2v) is 14.9. The van der Waals surface area contributed by atoms with Gasteiger partial charge >= 0.3 is 6.03 Å². The predicted molar refractivity (Wildman–Crippen MR) is 188 cm³/mol. The molecule has 0 unspecified atom stereocenters. The van der Waals surface area contributed by atoms with Crippen molar-refractivity contribution in [2.45, 2.75) is 76.0 Å². The van der Waals surface area contributed by atoms with Gasteiger partial charge in [-0.1, -0.05) is 54.4 Å². The van der Waals surface area contributed by atoms with E-state index >= 15 is 0 Å². The Bertz CT molecular complexity index is 1680. The minimum Gasteiger partial charge on any atom is -0.342 e. The highest BCUT2D eigenvalue weighted by Crippen LogP contribution is 2.35. The monoisotopic (exact) mass is 690 g/mol. The third-order valence-electron chi connectivity index (χ3n) is 10.5. The molecule has 5 amide bonds. The van der Waals surface area contributed by atoms with Crippen molar-refractivity contribution in [2.75, 3.05) is 44.6 Å². The van der Waals surface area contributed by atoms with Crippen LogP contribution >= 0.6 is 22.9 Å². The second-order valence-electron chi connectivity index (χ2n) is 13.5. The first kappa shape index (κ1) is 32.9. The molecule has 5 heterocycles. The van der Waals surface area contributed by atoms with Gasteiger partial charge in [0.1, 0.15) is 10.9 Å². The van der Waals surface area contributed by atoms with Crippen molar-refractivity contribution in [2.24, 2.45) is 0 Å². The lowest BCUT2D eigenvalue weighted by molar-refractivity contribution is -0.140. The van der Waals surface area contributed by atoms with Gasteiger partial charge in [0.2, 0.25) is 11.8 Å². The van der Waals surface area contributed by atoms with Gasteiger partial charge in [0.25, 0.3) is 5.91 Å². The number of piperidine rings is 3. The molecule has 0 bridgehead atoms. The van der Waals surface area contributed by atoms with E-state index in [0.29, 0.717) is 61.5 Å². The fraction of sp³-hybridized carbons (Fsp3) is 0.500. The highest BCUT2D eigenvalue weighted by Gasteiger charge is 2.37. The molecule has 4 aliphatic heterocycles. The molecule has 0 radical (unpaired) electrons. The molecular formula is C36H43ClN6O4S. The minimum atomic E-state index is -1.00. The van der Waals surface area contributed by atoms with Crippen LogP contribution in [0.3, 0.4) is 0 Å². The number of hydrogen-bond acceptors (Lipinski definition) is 6. The second kappa shape index (κ2) is 14.4. The Morgan fingerprint density at radius 1 is 0.854 bits per heavy atom. The Hall–Kier alpha value is -3.67. The number of nitrogens with zero attached hydrogens (tertiary/aromatic N) is 4. The number of benzene rings is 2. The Morgan fingerprint density at radius 3 is 2.27 bits per heavy atom. The standard InChI is InChI=1S/C36H43ClN6O4S/c37-32-27-9-3-5-11-30(27)48-33(32)34(45)38-29(35(46)42-20-12-25(13-21-42)40-16-6-1-7-17-40)22-31(44)41-18-14-26(15-19-41)43-23-24-8-2-4-10-28(24)39-36(43)47/h2-5,8-11,25-26,29H,1,6-7,12-23H2,(H,38,45)(H,39,47)/t29-/m0/s1. The summed E-state index contributed by atoms with van der Waals surface area (Å²) < 4.78 is 0.889. The number of hydrogen-bond donors (Lipinski definition) is 2. The molecular weight excluding hydrogens is 648 g/mol. The fourth-order valence-corrected chi connectivity index (χ4v) is 9.21. The number of halogens is 1. The van der Waals surface area contributed by atoms with Crippen LogP contribution in [0.4, 0.5) is 10.5 Å². The van der Waals surface area contributed by atoms with Crippen molar-refractivity contribution in [3.8, 4) is 0 Å². The third-order valence-corrected chi connectivity index (χ3v) is 12.2. The molecule has 0 saturated carbocycles. The van der Waals surface area contributed by atoms with E-state index in [1.54, 1.807) is 4.90 Å². The van der Waals surface area contributed by atoms with Gasteiger partial charge in [0.05, 0.1) is 11.4 Å². The summed E-state index contributed by atoms with van der Waals surface area (Å²) in [5, 5.41) is 7.07. The summed E-state index contributed by atoms with van der Waals surface area (Å²) >= 11 is 7.93. The van der Waals surface area contributed by atoms with Crippen LogP contribution in [0.25, 0.3) is 10.1 Å². The van der Waals surface area contributed by atoms with E-state index in [1.807, 2.05) is 58.3 Å². The quantitative estimate of drug-likeness (QED) is 0.338. The lowest BCUT2D eigenvalue weighted by Crippen LogP contribution is -2.55. The molecule has 3 aromatic rings. The number of amides is 5. The van der Waals surface area contributed by atoms with Crippen molar-refractivity contribution in [3.63, 3.8) is 0 Å². The summed E-state index contributed by atoms with van der Waals surface area (Å²) in [6.45, 7) is 4.95. The number of thiophene rings is 1. The van der Waals surface area contributed by atoms with E-state index < -0.39 is 11.9 Å². The van der Waals surface area contributed by atoms with Crippen molar-refractivity contribution in [3.05, 3.63) is 64.0 Å². The van der Waals surface area contributed by atoms with Gasteiger partial charge in [0.15, 0.2) is 0 Å². The van der Waals surface area contributed by atoms with Gasteiger partial charge in [-0.2, -0.15) is 0 Å². The van der Waals surface area contributed by atoms with Crippen LogP contribution in [0.15, 0.2) is 48.5 Å². The minimum absolute atomic E-state index is 0.0100. The van der Waals surface area contributed by atoms with Crippen LogP contribution in [0.1, 0.15) is 66.6 Å². The SMILES string of the molecule is O=C(N[C@@H](CC(=O)N1CCC(N2Cc3ccccc3NC2=O)CC1)C(=O)N1CCC(N2CCCCC2)CC1)c1sc2ccccc2c1Cl. The van der Waals surface area contributed by atoms with Crippen LogP contribution in [-0.4, -0.2) is 101 Å². The van der Waals surface area contributed by atoms with Crippen molar-refractivity contribution >= 4 is 62.5 Å². The molecule has 2 N–H and O–H groups in total. The Labute approximate surface area is 290 Å². The molecule has 0 aliphatic carbocycles. The zero-order valence-corrected chi connectivity index (χ0v) is 28.7. The Kier molecular flexibility index (Phi) is 9.88. The largest absolute Gasteiger partial charge is 0.342 e. The number of nitrogens with one attached hydrogen (secondary N) is 2. The summed E-state index contributed by atoms with van der Waals surface area (Å²) in [6.07, 6.45) is 6.70. The van der Waals surface area contributed by atoms with Crippen LogP contribution in [0, 0.1) is 0 Å². The van der Waals surface area contributed by atoms with E-state index in [0.717, 1.165) is 47.3 Å². The van der Waals surface area contributed by atoms with Gasteiger partial charge in [-0.3, -0.25) is 14.4 Å². The van der Waals surface area contributed by atoms with Gasteiger partial charge in [-0.15, -0.1) is 11.3 Å². The molecule has 2 aromatic carbocycles. The maximum Gasteiger partial charge on any atom is 0.322 e. The molecule has 3 saturated heterocycles. The summed E-state index contributed by atoms with van der Waals surface area (Å²) in [6, 6.07) is 14.7. The predicted octanol–water partition coefficient (Wildman–Crippen LogP) is 5.56. The van der Waals surface area contributed by atoms with Crippen LogP contribution in [0.2, 0.25) is 5.02 Å². The van der Waals surface area contributed by atoms with E-state index in [-0.39, 0.29) is 30.3 Å². The van der Waals surface area contributed by atoms with E-state index in [9.17, 15) is 19.2 Å². The number of likely N-dealkylation sites (tertiary alicyclic amines) is 3. The lowest BCUT2D eigenvalue weighted by Gasteiger charge is -2.41. The lowest BCUT2D eigenvalue weighted by atomic mass is 9.98. The number of para-hydroxylation sites is 1. The molecule has 48 heavy (non-hydrogen) atoms. The number of anilines is 1. The van der Waals surface area contributed by atoms with Gasteiger partial charge in [0, 0.05) is 60.6 Å². The summed E-state index contributed by atoms with van der Waals surface area (Å²) in [5.41, 5.74) is 1.92. The smallest absolute Gasteiger partial charge is 0.322 e. The number of fused-ring (bicyclic) bond motifs is 2. The Balaban J connectivity index is 1.01. The van der Waals surface area contributed by atoms with Gasteiger partial charge in [-0.05, 0) is 69.3 Å². The summed E-state index contributed by atoms with van der Waals surface area (Å²) in [5.74, 6) is -0.832. The van der Waals surface area contributed by atoms with Crippen molar-refractivity contribution in [1.82, 2.24) is 24.9 Å². The fourth-order valence-electron chi connectivity index (χ4n) is 7.79. The first-order valence-corrected chi connectivity index (χ1v) is 18.5.